The van der Waals surface area contributed by atoms with Gasteiger partial charge < -0.3 is 15.4 Å². The summed E-state index contributed by atoms with van der Waals surface area (Å²) in [5, 5.41) is 0. The van der Waals surface area contributed by atoms with E-state index in [0.29, 0.717) is 6.04 Å². The number of hydrogen-bond acceptors (Lipinski definition) is 4. The predicted octanol–water partition coefficient (Wildman–Crippen LogP) is 1.07. The van der Waals surface area contributed by atoms with Gasteiger partial charge in [0, 0.05) is 38.3 Å². The van der Waals surface area contributed by atoms with Crippen LogP contribution in [0.1, 0.15) is 40.5 Å². The van der Waals surface area contributed by atoms with Gasteiger partial charge in [0.15, 0.2) is 0 Å². The van der Waals surface area contributed by atoms with Gasteiger partial charge in [-0.15, -0.1) is 0 Å². The largest absolute Gasteiger partial charge is 0.373 e. The van der Waals surface area contributed by atoms with E-state index in [-0.39, 0.29) is 30.1 Å². The average molecular weight is 297 g/mol. The molecule has 0 aromatic heterocycles. The standard InChI is InChI=1S/C16H31N3O2/c1-11-8-18(9-12(2)21-11)10-15-6-5-7-19(15)16(20)13(3)14(4)17/h11-15H,5-10,17H2,1-4H3. The average Bonchev–Trinajstić information content (AvgIpc) is 2.83. The van der Waals surface area contributed by atoms with Gasteiger partial charge in [0.2, 0.25) is 5.91 Å². The zero-order valence-corrected chi connectivity index (χ0v) is 13.9. The minimum atomic E-state index is -0.0897. The van der Waals surface area contributed by atoms with E-state index in [1.165, 1.54) is 0 Å². The van der Waals surface area contributed by atoms with Gasteiger partial charge in [-0.25, -0.2) is 0 Å². The lowest BCUT2D eigenvalue weighted by Gasteiger charge is -2.38. The molecule has 0 radical (unpaired) electrons. The highest BCUT2D eigenvalue weighted by atomic mass is 16.5. The third-order valence-corrected chi connectivity index (χ3v) is 4.80. The Hall–Kier alpha value is -0.650. The van der Waals surface area contributed by atoms with Gasteiger partial charge in [0.05, 0.1) is 18.1 Å². The van der Waals surface area contributed by atoms with Crippen molar-refractivity contribution < 1.29 is 9.53 Å². The summed E-state index contributed by atoms with van der Waals surface area (Å²) in [4.78, 5) is 17.1. The van der Waals surface area contributed by atoms with E-state index in [0.717, 1.165) is 39.0 Å². The number of nitrogens with two attached hydrogens (primary N) is 1. The fourth-order valence-corrected chi connectivity index (χ4v) is 3.53. The van der Waals surface area contributed by atoms with Gasteiger partial charge in [0.1, 0.15) is 0 Å². The summed E-state index contributed by atoms with van der Waals surface area (Å²) in [6, 6.07) is 0.262. The fourth-order valence-electron chi connectivity index (χ4n) is 3.53. The Morgan fingerprint density at radius 1 is 1.29 bits per heavy atom. The minimum Gasteiger partial charge on any atom is -0.373 e. The third-order valence-electron chi connectivity index (χ3n) is 4.80. The number of rotatable bonds is 4. The first-order chi connectivity index (χ1) is 9.88. The number of hydrogen-bond donors (Lipinski definition) is 1. The molecule has 21 heavy (non-hydrogen) atoms. The van der Waals surface area contributed by atoms with Crippen molar-refractivity contribution in [3.8, 4) is 0 Å². The lowest BCUT2D eigenvalue weighted by atomic mass is 10.0. The van der Waals surface area contributed by atoms with E-state index in [9.17, 15) is 4.79 Å². The summed E-state index contributed by atoms with van der Waals surface area (Å²) < 4.78 is 5.79. The molecule has 2 aliphatic rings. The van der Waals surface area contributed by atoms with Crippen molar-refractivity contribution in [2.24, 2.45) is 11.7 Å². The highest BCUT2D eigenvalue weighted by molar-refractivity contribution is 5.79. The van der Waals surface area contributed by atoms with E-state index in [1.54, 1.807) is 0 Å². The highest BCUT2D eigenvalue weighted by Crippen LogP contribution is 2.23. The van der Waals surface area contributed by atoms with Gasteiger partial charge in [-0.1, -0.05) is 6.92 Å². The maximum Gasteiger partial charge on any atom is 0.227 e. The van der Waals surface area contributed by atoms with Crippen LogP contribution in [-0.2, 0) is 9.53 Å². The van der Waals surface area contributed by atoms with Crippen LogP contribution in [0.5, 0.6) is 0 Å². The van der Waals surface area contributed by atoms with Crippen LogP contribution in [0.25, 0.3) is 0 Å². The first kappa shape index (κ1) is 16.7. The summed E-state index contributed by atoms with van der Waals surface area (Å²) in [5.41, 5.74) is 5.90. The Labute approximate surface area is 128 Å². The van der Waals surface area contributed by atoms with Crippen molar-refractivity contribution in [3.05, 3.63) is 0 Å². The molecule has 0 aromatic carbocycles. The van der Waals surface area contributed by atoms with Crippen LogP contribution < -0.4 is 5.73 Å². The zero-order valence-electron chi connectivity index (χ0n) is 13.9. The molecule has 2 rings (SSSR count). The van der Waals surface area contributed by atoms with Crippen LogP contribution in [0.3, 0.4) is 0 Å². The number of morpholine rings is 1. The lowest BCUT2D eigenvalue weighted by molar-refractivity contribution is -0.137. The number of nitrogens with zero attached hydrogens (tertiary/aromatic N) is 2. The molecule has 5 nitrogen and oxygen atoms in total. The van der Waals surface area contributed by atoms with Crippen molar-refractivity contribution >= 4 is 5.91 Å². The van der Waals surface area contributed by atoms with Crippen LogP contribution in [0, 0.1) is 5.92 Å². The molecular weight excluding hydrogens is 266 g/mol. The van der Waals surface area contributed by atoms with Crippen molar-refractivity contribution in [1.29, 1.82) is 0 Å². The molecule has 5 unspecified atom stereocenters. The van der Waals surface area contributed by atoms with E-state index < -0.39 is 0 Å². The summed E-state index contributed by atoms with van der Waals surface area (Å²) in [6.45, 7) is 11.9. The third kappa shape index (κ3) is 4.18. The molecule has 2 aliphatic heterocycles. The molecular formula is C16H31N3O2. The first-order valence-corrected chi connectivity index (χ1v) is 8.32. The van der Waals surface area contributed by atoms with E-state index in [4.69, 9.17) is 10.5 Å². The first-order valence-electron chi connectivity index (χ1n) is 8.32. The second-order valence-corrected chi connectivity index (χ2v) is 6.95. The number of carbonyl (C=O) groups is 1. The van der Waals surface area contributed by atoms with Gasteiger partial charge >= 0.3 is 0 Å². The highest BCUT2D eigenvalue weighted by Gasteiger charge is 2.34. The maximum absolute atomic E-state index is 12.6. The minimum absolute atomic E-state index is 0.0813. The van der Waals surface area contributed by atoms with E-state index in [2.05, 4.69) is 23.6 Å². The molecule has 2 N–H and O–H groups in total. The molecule has 2 fully saturated rings. The van der Waals surface area contributed by atoms with Crippen molar-refractivity contribution in [2.45, 2.75) is 64.8 Å². The van der Waals surface area contributed by atoms with Gasteiger partial charge in [0.25, 0.3) is 0 Å². The quantitative estimate of drug-likeness (QED) is 0.843. The van der Waals surface area contributed by atoms with E-state index in [1.807, 2.05) is 13.8 Å². The molecule has 0 spiro atoms. The van der Waals surface area contributed by atoms with Crippen molar-refractivity contribution in [2.75, 3.05) is 26.2 Å². The fraction of sp³-hybridized carbons (Fsp3) is 0.938. The molecule has 0 saturated carbocycles. The van der Waals surface area contributed by atoms with Crippen molar-refractivity contribution in [1.82, 2.24) is 9.80 Å². The van der Waals surface area contributed by atoms with Gasteiger partial charge in [-0.3, -0.25) is 9.69 Å². The molecule has 122 valence electrons. The smallest absolute Gasteiger partial charge is 0.227 e. The van der Waals surface area contributed by atoms with E-state index >= 15 is 0 Å². The Bertz CT molecular complexity index is 351. The topological polar surface area (TPSA) is 58.8 Å². The van der Waals surface area contributed by atoms with Crippen LogP contribution in [0.4, 0.5) is 0 Å². The molecule has 1 amide bonds. The van der Waals surface area contributed by atoms with Crippen LogP contribution in [0.15, 0.2) is 0 Å². The second kappa shape index (κ2) is 7.07. The number of likely N-dealkylation sites (tertiary alicyclic amines) is 1. The Kier molecular flexibility index (Phi) is 5.63. The Morgan fingerprint density at radius 3 is 2.48 bits per heavy atom. The predicted molar refractivity (Wildman–Crippen MR) is 84.0 cm³/mol. The van der Waals surface area contributed by atoms with Gasteiger partial charge in [-0.2, -0.15) is 0 Å². The summed E-state index contributed by atoms with van der Waals surface area (Å²) in [7, 11) is 0. The SMILES string of the molecule is CC1CN(CC2CCCN2C(=O)C(C)C(C)N)CC(C)O1. The number of amides is 1. The van der Waals surface area contributed by atoms with Crippen LogP contribution >= 0.6 is 0 Å². The molecule has 0 bridgehead atoms. The molecule has 2 heterocycles. The molecule has 5 heteroatoms. The molecule has 0 aliphatic carbocycles. The lowest BCUT2D eigenvalue weighted by Crippen LogP contribution is -2.52. The monoisotopic (exact) mass is 297 g/mol. The van der Waals surface area contributed by atoms with Crippen LogP contribution in [0.2, 0.25) is 0 Å². The maximum atomic E-state index is 12.6. The summed E-state index contributed by atoms with van der Waals surface area (Å²) >= 11 is 0. The number of carbonyl (C=O) groups excluding carboxylic acids is 1. The number of ether oxygens (including phenoxy) is 1. The zero-order chi connectivity index (χ0) is 15.6. The second-order valence-electron chi connectivity index (χ2n) is 6.95. The summed E-state index contributed by atoms with van der Waals surface area (Å²) in [6.07, 6.45) is 2.78. The Balaban J connectivity index is 1.94. The molecule has 0 aromatic rings. The Morgan fingerprint density at radius 2 is 1.90 bits per heavy atom. The van der Waals surface area contributed by atoms with Crippen molar-refractivity contribution in [3.63, 3.8) is 0 Å². The molecule has 5 atom stereocenters. The van der Waals surface area contributed by atoms with Crippen LogP contribution in [-0.4, -0.2) is 66.2 Å². The normalized spacial score (nSPS) is 34.0. The van der Waals surface area contributed by atoms with Gasteiger partial charge in [-0.05, 0) is 33.6 Å². The summed E-state index contributed by atoms with van der Waals surface area (Å²) in [5.74, 6) is 0.134. The molecule has 2 saturated heterocycles.